The van der Waals surface area contributed by atoms with Crippen LogP contribution in [0.3, 0.4) is 0 Å². The summed E-state index contributed by atoms with van der Waals surface area (Å²) in [6, 6.07) is 8.68. The molecule has 0 N–H and O–H groups in total. The lowest BCUT2D eigenvalue weighted by Crippen LogP contribution is -2.56. The van der Waals surface area contributed by atoms with E-state index >= 15 is 0 Å². The van der Waals surface area contributed by atoms with Crippen LogP contribution in [0.25, 0.3) is 0 Å². The van der Waals surface area contributed by atoms with Crippen LogP contribution >= 0.6 is 0 Å². The molecule has 0 spiro atoms. The molecular formula is C22H32N2O3. The van der Waals surface area contributed by atoms with Crippen LogP contribution < -0.4 is 4.74 Å². The average Bonchev–Trinajstić information content (AvgIpc) is 3.25. The van der Waals surface area contributed by atoms with E-state index in [-0.39, 0.29) is 5.41 Å². The smallest absolute Gasteiger partial charge is 0.233 e. The van der Waals surface area contributed by atoms with Crippen molar-refractivity contribution in [3.8, 4) is 5.75 Å². The molecule has 0 aromatic heterocycles. The predicted molar refractivity (Wildman–Crippen MR) is 105 cm³/mol. The van der Waals surface area contributed by atoms with Crippen LogP contribution in [0, 0.1) is 0 Å². The Morgan fingerprint density at radius 1 is 1.07 bits per heavy atom. The van der Waals surface area contributed by atoms with E-state index in [4.69, 9.17) is 9.47 Å². The lowest BCUT2D eigenvalue weighted by atomic mass is 9.77. The largest absolute Gasteiger partial charge is 0.497 e. The molecule has 27 heavy (non-hydrogen) atoms. The summed E-state index contributed by atoms with van der Waals surface area (Å²) in [5.41, 5.74) is 0.832. The average molecular weight is 373 g/mol. The molecule has 4 rings (SSSR count). The number of hydrogen-bond donors (Lipinski definition) is 0. The van der Waals surface area contributed by atoms with Gasteiger partial charge in [-0.1, -0.05) is 25.0 Å². The topological polar surface area (TPSA) is 42.0 Å². The minimum atomic E-state index is -0.334. The number of nitrogens with zero attached hydrogens (tertiary/aromatic N) is 2. The van der Waals surface area contributed by atoms with E-state index in [1.54, 1.807) is 7.11 Å². The highest BCUT2D eigenvalue weighted by molar-refractivity contribution is 5.89. The summed E-state index contributed by atoms with van der Waals surface area (Å²) in [6.45, 7) is 5.40. The third-order valence-corrected chi connectivity index (χ3v) is 6.75. The van der Waals surface area contributed by atoms with Crippen molar-refractivity contribution in [3.05, 3.63) is 29.8 Å². The Labute approximate surface area is 162 Å². The number of amides is 1. The van der Waals surface area contributed by atoms with Gasteiger partial charge < -0.3 is 14.4 Å². The summed E-state index contributed by atoms with van der Waals surface area (Å²) in [7, 11) is 1.69. The number of ether oxygens (including phenoxy) is 2. The van der Waals surface area contributed by atoms with E-state index in [1.807, 2.05) is 12.1 Å². The van der Waals surface area contributed by atoms with Gasteiger partial charge in [0.1, 0.15) is 5.75 Å². The summed E-state index contributed by atoms with van der Waals surface area (Å²) in [6.07, 6.45) is 6.51. The zero-order valence-corrected chi connectivity index (χ0v) is 16.5. The lowest BCUT2D eigenvalue weighted by Gasteiger charge is -2.43. The number of methoxy groups -OCH3 is 1. The predicted octanol–water partition coefficient (Wildman–Crippen LogP) is 2.83. The SMILES string of the molecule is COc1ccc(C2(C(=O)N3CCC[C@H](N4CCOCC4)C3)CCCC2)cc1. The highest BCUT2D eigenvalue weighted by Gasteiger charge is 2.46. The molecule has 2 heterocycles. The lowest BCUT2D eigenvalue weighted by molar-refractivity contribution is -0.140. The first-order valence-electron chi connectivity index (χ1n) is 10.5. The second kappa shape index (κ2) is 8.19. The van der Waals surface area contributed by atoms with E-state index in [1.165, 1.54) is 12.0 Å². The number of benzene rings is 1. The van der Waals surface area contributed by atoms with Crippen LogP contribution in [0.2, 0.25) is 0 Å². The molecule has 5 heteroatoms. The molecule has 1 saturated carbocycles. The van der Waals surface area contributed by atoms with Gasteiger partial charge in [-0.3, -0.25) is 9.69 Å². The van der Waals surface area contributed by atoms with Crippen LogP contribution in [-0.2, 0) is 14.9 Å². The molecule has 3 aliphatic rings. The summed E-state index contributed by atoms with van der Waals surface area (Å²) in [4.78, 5) is 18.4. The van der Waals surface area contributed by atoms with Gasteiger partial charge >= 0.3 is 0 Å². The molecule has 148 valence electrons. The molecule has 1 amide bonds. The number of carbonyl (C=O) groups excluding carboxylic acids is 1. The van der Waals surface area contributed by atoms with Crippen LogP contribution in [0.15, 0.2) is 24.3 Å². The first-order valence-corrected chi connectivity index (χ1v) is 10.5. The van der Waals surface area contributed by atoms with E-state index in [2.05, 4.69) is 21.9 Å². The Morgan fingerprint density at radius 3 is 2.44 bits per heavy atom. The van der Waals surface area contributed by atoms with E-state index in [0.717, 1.165) is 77.2 Å². The fourth-order valence-corrected chi connectivity index (χ4v) is 5.20. The number of morpholine rings is 1. The highest BCUT2D eigenvalue weighted by atomic mass is 16.5. The normalized spacial score (nSPS) is 26.1. The van der Waals surface area contributed by atoms with Crippen molar-refractivity contribution in [2.45, 2.75) is 50.0 Å². The second-order valence-electron chi connectivity index (χ2n) is 8.21. The van der Waals surface area contributed by atoms with Gasteiger partial charge in [0.05, 0.1) is 25.7 Å². The Kier molecular flexibility index (Phi) is 5.69. The maximum absolute atomic E-state index is 13.8. The maximum Gasteiger partial charge on any atom is 0.233 e. The van der Waals surface area contributed by atoms with Gasteiger partial charge in [-0.15, -0.1) is 0 Å². The van der Waals surface area contributed by atoms with Crippen molar-refractivity contribution in [3.63, 3.8) is 0 Å². The van der Waals surface area contributed by atoms with Crippen molar-refractivity contribution < 1.29 is 14.3 Å². The fraction of sp³-hybridized carbons (Fsp3) is 0.682. The van der Waals surface area contributed by atoms with Crippen LogP contribution in [0.4, 0.5) is 0 Å². The van der Waals surface area contributed by atoms with E-state index in [9.17, 15) is 4.79 Å². The van der Waals surface area contributed by atoms with Gasteiger partial charge in [0.15, 0.2) is 0 Å². The van der Waals surface area contributed by atoms with Gasteiger partial charge in [-0.2, -0.15) is 0 Å². The van der Waals surface area contributed by atoms with Gasteiger partial charge in [-0.25, -0.2) is 0 Å². The first kappa shape index (κ1) is 18.8. The van der Waals surface area contributed by atoms with Gasteiger partial charge in [0, 0.05) is 32.2 Å². The van der Waals surface area contributed by atoms with Crippen LogP contribution in [0.1, 0.15) is 44.1 Å². The van der Waals surface area contributed by atoms with Crippen molar-refractivity contribution in [1.82, 2.24) is 9.80 Å². The number of carbonyl (C=O) groups is 1. The quantitative estimate of drug-likeness (QED) is 0.815. The third kappa shape index (κ3) is 3.72. The monoisotopic (exact) mass is 372 g/mol. The number of piperidine rings is 1. The van der Waals surface area contributed by atoms with Crippen molar-refractivity contribution >= 4 is 5.91 Å². The maximum atomic E-state index is 13.8. The Balaban J connectivity index is 1.52. The minimum absolute atomic E-state index is 0.334. The van der Waals surface area contributed by atoms with Crippen molar-refractivity contribution in [2.75, 3.05) is 46.5 Å². The molecular weight excluding hydrogens is 340 g/mol. The molecule has 1 aliphatic carbocycles. The van der Waals surface area contributed by atoms with E-state index < -0.39 is 0 Å². The molecule has 2 aliphatic heterocycles. The molecule has 1 aromatic rings. The van der Waals surface area contributed by atoms with Gasteiger partial charge in [0.25, 0.3) is 0 Å². The molecule has 1 atom stereocenters. The molecule has 0 unspecified atom stereocenters. The minimum Gasteiger partial charge on any atom is -0.497 e. The van der Waals surface area contributed by atoms with E-state index in [0.29, 0.717) is 11.9 Å². The van der Waals surface area contributed by atoms with Crippen molar-refractivity contribution in [1.29, 1.82) is 0 Å². The third-order valence-electron chi connectivity index (χ3n) is 6.75. The second-order valence-corrected chi connectivity index (χ2v) is 8.21. The molecule has 2 saturated heterocycles. The Hall–Kier alpha value is -1.59. The molecule has 5 nitrogen and oxygen atoms in total. The van der Waals surface area contributed by atoms with Crippen LogP contribution in [-0.4, -0.2) is 68.3 Å². The number of likely N-dealkylation sites (tertiary alicyclic amines) is 1. The molecule has 0 bridgehead atoms. The number of hydrogen-bond acceptors (Lipinski definition) is 4. The first-order chi connectivity index (χ1) is 13.2. The zero-order valence-electron chi connectivity index (χ0n) is 16.5. The Morgan fingerprint density at radius 2 is 1.78 bits per heavy atom. The highest BCUT2D eigenvalue weighted by Crippen LogP contribution is 2.43. The fourth-order valence-electron chi connectivity index (χ4n) is 5.20. The molecule has 3 fully saturated rings. The molecule has 1 aromatic carbocycles. The number of rotatable bonds is 4. The van der Waals surface area contributed by atoms with Crippen LogP contribution in [0.5, 0.6) is 5.75 Å². The Bertz CT molecular complexity index is 633. The molecule has 0 radical (unpaired) electrons. The van der Waals surface area contributed by atoms with Gasteiger partial charge in [0.2, 0.25) is 5.91 Å². The summed E-state index contributed by atoms with van der Waals surface area (Å²) >= 11 is 0. The summed E-state index contributed by atoms with van der Waals surface area (Å²) in [5.74, 6) is 1.20. The van der Waals surface area contributed by atoms with Gasteiger partial charge in [-0.05, 0) is 43.4 Å². The standard InChI is InChI=1S/C22H32N2O3/c1-26-20-8-6-18(7-9-20)22(10-2-3-11-22)21(25)24-12-4-5-19(17-24)23-13-15-27-16-14-23/h6-9,19H,2-5,10-17H2,1H3/t19-/m0/s1. The zero-order chi connectivity index (χ0) is 18.7. The summed E-state index contributed by atoms with van der Waals surface area (Å²) < 4.78 is 10.8. The summed E-state index contributed by atoms with van der Waals surface area (Å²) in [5, 5.41) is 0. The van der Waals surface area contributed by atoms with Crippen molar-refractivity contribution in [2.24, 2.45) is 0 Å².